The fourth-order valence-corrected chi connectivity index (χ4v) is 2.08. The molecule has 21 heavy (non-hydrogen) atoms. The van der Waals surface area contributed by atoms with Gasteiger partial charge in [-0.05, 0) is 27.7 Å². The van der Waals surface area contributed by atoms with Crippen molar-refractivity contribution in [3.8, 4) is 0 Å². The minimum Gasteiger partial charge on any atom is -0.480 e. The minimum atomic E-state index is -1.10. The van der Waals surface area contributed by atoms with Gasteiger partial charge in [0.25, 0.3) is 5.91 Å². The first-order chi connectivity index (χ1) is 9.56. The third-order valence-electron chi connectivity index (χ3n) is 3.24. The van der Waals surface area contributed by atoms with E-state index in [4.69, 9.17) is 5.11 Å². The Labute approximate surface area is 123 Å². The summed E-state index contributed by atoms with van der Waals surface area (Å²) in [6, 6.07) is -0.805. The number of carbonyl (C=O) groups is 4. The van der Waals surface area contributed by atoms with Crippen LogP contribution in [0.3, 0.4) is 0 Å². The molecule has 0 aromatic heterocycles. The molecule has 8 nitrogen and oxygen atoms in total. The highest BCUT2D eigenvalue weighted by molar-refractivity contribution is 6.06. The normalized spacial score (nSPS) is 17.1. The lowest BCUT2D eigenvalue weighted by Gasteiger charge is -2.25. The Morgan fingerprint density at radius 2 is 1.90 bits per heavy atom. The fourth-order valence-electron chi connectivity index (χ4n) is 2.08. The first-order valence-corrected chi connectivity index (χ1v) is 6.71. The zero-order chi connectivity index (χ0) is 16.4. The Hall–Kier alpha value is -2.12. The van der Waals surface area contributed by atoms with Crippen LogP contribution >= 0.6 is 0 Å². The van der Waals surface area contributed by atoms with Crippen molar-refractivity contribution >= 4 is 23.8 Å². The van der Waals surface area contributed by atoms with E-state index in [9.17, 15) is 19.2 Å². The van der Waals surface area contributed by atoms with Gasteiger partial charge in [0.2, 0.25) is 5.91 Å². The summed E-state index contributed by atoms with van der Waals surface area (Å²) >= 11 is 0. The van der Waals surface area contributed by atoms with E-state index in [1.54, 1.807) is 27.7 Å². The number of nitrogens with zero attached hydrogens (tertiary/aromatic N) is 2. The van der Waals surface area contributed by atoms with Gasteiger partial charge >= 0.3 is 12.0 Å². The first kappa shape index (κ1) is 16.9. The molecule has 1 aliphatic rings. The average Bonchev–Trinajstić information content (AvgIpc) is 2.52. The van der Waals surface area contributed by atoms with Crippen molar-refractivity contribution in [2.45, 2.75) is 45.7 Å². The third-order valence-corrected chi connectivity index (χ3v) is 3.24. The van der Waals surface area contributed by atoms with Crippen LogP contribution < -0.4 is 5.32 Å². The fraction of sp³-hybridized carbons (Fsp3) is 0.692. The van der Waals surface area contributed by atoms with Gasteiger partial charge in [-0.1, -0.05) is 0 Å². The Kier molecular flexibility index (Phi) is 4.93. The smallest absolute Gasteiger partial charge is 0.325 e. The highest BCUT2D eigenvalue weighted by Crippen LogP contribution is 2.17. The highest BCUT2D eigenvalue weighted by Gasteiger charge is 2.44. The Morgan fingerprint density at radius 1 is 1.33 bits per heavy atom. The summed E-state index contributed by atoms with van der Waals surface area (Å²) in [6.07, 6.45) is -0.0965. The highest BCUT2D eigenvalue weighted by atomic mass is 16.4. The van der Waals surface area contributed by atoms with Gasteiger partial charge in [0.1, 0.15) is 12.1 Å². The standard InChI is InChI=1S/C13H21N3O5/c1-8(2)16(7-10(18)19)9(17)5-6-15-11(20)13(3,4)14-12(15)21/h8H,5-7H2,1-4H3,(H,14,21)(H,18,19). The van der Waals surface area contributed by atoms with Crippen molar-refractivity contribution < 1.29 is 24.3 Å². The van der Waals surface area contributed by atoms with Gasteiger partial charge in [0.05, 0.1) is 0 Å². The van der Waals surface area contributed by atoms with Crippen LogP contribution in [0.25, 0.3) is 0 Å². The lowest BCUT2D eigenvalue weighted by Crippen LogP contribution is -2.43. The molecule has 1 aliphatic heterocycles. The number of hydrogen-bond acceptors (Lipinski definition) is 4. The molecule has 0 aromatic rings. The number of imide groups is 1. The number of carboxylic acid groups (broad SMARTS) is 1. The second-order valence-electron chi connectivity index (χ2n) is 5.77. The summed E-state index contributed by atoms with van der Waals surface area (Å²) in [7, 11) is 0. The predicted octanol–water partition coefficient (Wildman–Crippen LogP) is 0.0285. The molecular weight excluding hydrogens is 278 g/mol. The van der Waals surface area contributed by atoms with E-state index >= 15 is 0 Å². The van der Waals surface area contributed by atoms with Gasteiger partial charge in [-0.25, -0.2) is 4.79 Å². The van der Waals surface area contributed by atoms with E-state index in [1.807, 2.05) is 0 Å². The van der Waals surface area contributed by atoms with Crippen molar-refractivity contribution in [2.24, 2.45) is 0 Å². The van der Waals surface area contributed by atoms with E-state index in [0.29, 0.717) is 0 Å². The third kappa shape index (κ3) is 3.93. The monoisotopic (exact) mass is 299 g/mol. The summed E-state index contributed by atoms with van der Waals surface area (Å²) in [5.41, 5.74) is -0.973. The second-order valence-corrected chi connectivity index (χ2v) is 5.77. The van der Waals surface area contributed by atoms with Crippen LogP contribution in [0.15, 0.2) is 0 Å². The minimum absolute atomic E-state index is 0.0598. The molecule has 1 fully saturated rings. The van der Waals surface area contributed by atoms with Crippen LogP contribution in [0, 0.1) is 0 Å². The van der Waals surface area contributed by atoms with Gasteiger partial charge in [0.15, 0.2) is 0 Å². The Bertz CT molecular complexity index is 472. The molecule has 0 unspecified atom stereocenters. The molecular formula is C13H21N3O5. The SMILES string of the molecule is CC(C)N(CC(=O)O)C(=O)CCN1C(=O)NC(C)(C)C1=O. The van der Waals surface area contributed by atoms with Crippen LogP contribution in [0.5, 0.6) is 0 Å². The van der Waals surface area contributed by atoms with Crippen LogP contribution in [-0.4, -0.2) is 63.4 Å². The molecule has 0 aliphatic carbocycles. The topological polar surface area (TPSA) is 107 Å². The molecule has 2 N–H and O–H groups in total. The molecule has 0 bridgehead atoms. The number of amides is 4. The quantitative estimate of drug-likeness (QED) is 0.673. The Balaban J connectivity index is 2.65. The molecule has 118 valence electrons. The molecule has 0 atom stereocenters. The largest absolute Gasteiger partial charge is 0.480 e. The van der Waals surface area contributed by atoms with E-state index in [-0.39, 0.29) is 19.0 Å². The molecule has 8 heteroatoms. The number of carboxylic acids is 1. The molecule has 1 saturated heterocycles. The number of aliphatic carboxylic acids is 1. The number of rotatable bonds is 6. The van der Waals surface area contributed by atoms with Crippen LogP contribution in [0.4, 0.5) is 4.79 Å². The van der Waals surface area contributed by atoms with Gasteiger partial charge in [-0.2, -0.15) is 0 Å². The molecule has 0 saturated carbocycles. The summed E-state index contributed by atoms with van der Waals surface area (Å²) in [5.74, 6) is -1.90. The lowest BCUT2D eigenvalue weighted by atomic mass is 10.1. The van der Waals surface area contributed by atoms with Crippen molar-refractivity contribution in [3.63, 3.8) is 0 Å². The van der Waals surface area contributed by atoms with Crippen LogP contribution in [0.2, 0.25) is 0 Å². The zero-order valence-corrected chi connectivity index (χ0v) is 12.7. The Morgan fingerprint density at radius 3 is 2.29 bits per heavy atom. The van der Waals surface area contributed by atoms with Crippen LogP contribution in [0.1, 0.15) is 34.1 Å². The van der Waals surface area contributed by atoms with Crippen LogP contribution in [-0.2, 0) is 14.4 Å². The molecule has 0 aromatic carbocycles. The number of nitrogens with one attached hydrogen (secondary N) is 1. The van der Waals surface area contributed by atoms with E-state index in [0.717, 1.165) is 4.90 Å². The maximum Gasteiger partial charge on any atom is 0.325 e. The molecule has 1 rings (SSSR count). The molecule has 0 radical (unpaired) electrons. The average molecular weight is 299 g/mol. The summed E-state index contributed by atoms with van der Waals surface area (Å²) in [6.45, 7) is 6.12. The molecule has 4 amide bonds. The summed E-state index contributed by atoms with van der Waals surface area (Å²) < 4.78 is 0. The van der Waals surface area contributed by atoms with Gasteiger partial charge < -0.3 is 15.3 Å². The van der Waals surface area contributed by atoms with Gasteiger partial charge in [-0.3, -0.25) is 19.3 Å². The second kappa shape index (κ2) is 6.11. The van der Waals surface area contributed by atoms with Gasteiger partial charge in [-0.15, -0.1) is 0 Å². The van der Waals surface area contributed by atoms with Gasteiger partial charge in [0, 0.05) is 19.0 Å². The summed E-state index contributed by atoms with van der Waals surface area (Å²) in [5, 5.41) is 11.3. The van der Waals surface area contributed by atoms with E-state index in [1.165, 1.54) is 4.90 Å². The summed E-state index contributed by atoms with van der Waals surface area (Å²) in [4.78, 5) is 48.6. The van der Waals surface area contributed by atoms with Crippen molar-refractivity contribution in [3.05, 3.63) is 0 Å². The van der Waals surface area contributed by atoms with E-state index < -0.39 is 35.9 Å². The maximum absolute atomic E-state index is 12.0. The predicted molar refractivity (Wildman–Crippen MR) is 73.4 cm³/mol. The number of hydrogen-bond donors (Lipinski definition) is 2. The number of carbonyl (C=O) groups excluding carboxylic acids is 3. The van der Waals surface area contributed by atoms with Crippen molar-refractivity contribution in [1.29, 1.82) is 0 Å². The van der Waals surface area contributed by atoms with Crippen molar-refractivity contribution in [1.82, 2.24) is 15.1 Å². The molecule has 0 spiro atoms. The molecule has 1 heterocycles. The maximum atomic E-state index is 12.0. The van der Waals surface area contributed by atoms with Crippen molar-refractivity contribution in [2.75, 3.05) is 13.1 Å². The zero-order valence-electron chi connectivity index (χ0n) is 12.7. The van der Waals surface area contributed by atoms with E-state index in [2.05, 4.69) is 5.32 Å². The number of urea groups is 1. The lowest BCUT2D eigenvalue weighted by molar-refractivity contribution is -0.146. The first-order valence-electron chi connectivity index (χ1n) is 6.71.